The van der Waals surface area contributed by atoms with Crippen molar-refractivity contribution < 1.29 is 4.52 Å². The topological polar surface area (TPSA) is 41.3 Å². The monoisotopic (exact) mass is 265 g/mol. The van der Waals surface area contributed by atoms with Crippen LogP contribution >= 0.6 is 0 Å². The first kappa shape index (κ1) is 14.5. The predicted molar refractivity (Wildman–Crippen MR) is 77.1 cm³/mol. The average molecular weight is 265 g/mol. The van der Waals surface area contributed by atoms with E-state index in [2.05, 4.69) is 22.3 Å². The first-order valence-electron chi connectivity index (χ1n) is 7.51. The van der Waals surface area contributed by atoms with E-state index in [1.807, 2.05) is 13.8 Å². The van der Waals surface area contributed by atoms with Gasteiger partial charge in [0, 0.05) is 12.1 Å². The highest BCUT2D eigenvalue weighted by atomic mass is 16.5. The van der Waals surface area contributed by atoms with Gasteiger partial charge in [-0.05, 0) is 65.2 Å². The van der Waals surface area contributed by atoms with Gasteiger partial charge in [-0.25, -0.2) is 0 Å². The summed E-state index contributed by atoms with van der Waals surface area (Å²) in [5, 5.41) is 7.46. The molecule has 0 atom stereocenters. The summed E-state index contributed by atoms with van der Waals surface area (Å²) in [5.41, 5.74) is 2.22. The predicted octanol–water partition coefficient (Wildman–Crippen LogP) is 2.50. The van der Waals surface area contributed by atoms with Crippen LogP contribution in [-0.4, -0.2) is 36.2 Å². The number of nitrogens with one attached hydrogen (secondary N) is 1. The molecule has 1 aliphatic heterocycles. The largest absolute Gasteiger partial charge is 0.361 e. The van der Waals surface area contributed by atoms with Gasteiger partial charge in [-0.3, -0.25) is 0 Å². The van der Waals surface area contributed by atoms with Crippen molar-refractivity contribution >= 4 is 0 Å². The Morgan fingerprint density at radius 3 is 2.68 bits per heavy atom. The molecule has 0 spiro atoms. The van der Waals surface area contributed by atoms with Gasteiger partial charge >= 0.3 is 0 Å². The number of rotatable bonds is 6. The molecular weight excluding hydrogens is 238 g/mol. The van der Waals surface area contributed by atoms with Crippen molar-refractivity contribution in [1.29, 1.82) is 0 Å². The molecule has 0 saturated carbocycles. The van der Waals surface area contributed by atoms with Crippen molar-refractivity contribution in [3.63, 3.8) is 0 Å². The summed E-state index contributed by atoms with van der Waals surface area (Å²) >= 11 is 0. The van der Waals surface area contributed by atoms with Gasteiger partial charge in [0.2, 0.25) is 0 Å². The molecule has 0 radical (unpaired) electrons. The summed E-state index contributed by atoms with van der Waals surface area (Å²) in [6.07, 6.45) is 3.96. The number of hydrogen-bond acceptors (Lipinski definition) is 4. The first-order valence-corrected chi connectivity index (χ1v) is 7.51. The fourth-order valence-electron chi connectivity index (χ4n) is 2.68. The van der Waals surface area contributed by atoms with Crippen LogP contribution in [0, 0.1) is 19.8 Å². The second-order valence-corrected chi connectivity index (χ2v) is 5.86. The Morgan fingerprint density at radius 1 is 1.32 bits per heavy atom. The maximum absolute atomic E-state index is 5.16. The lowest BCUT2D eigenvalue weighted by atomic mass is 9.99. The lowest BCUT2D eigenvalue weighted by Gasteiger charge is -2.30. The molecule has 108 valence electrons. The van der Waals surface area contributed by atoms with Crippen molar-refractivity contribution in [2.45, 2.75) is 46.6 Å². The summed E-state index contributed by atoms with van der Waals surface area (Å²) in [6, 6.07) is 0. The zero-order chi connectivity index (χ0) is 13.7. The highest BCUT2D eigenvalue weighted by Gasteiger charge is 2.14. The second kappa shape index (κ2) is 7.06. The Hall–Kier alpha value is -0.870. The van der Waals surface area contributed by atoms with Gasteiger partial charge in [-0.2, -0.15) is 0 Å². The lowest BCUT2D eigenvalue weighted by molar-refractivity contribution is 0.190. The molecule has 0 aliphatic carbocycles. The maximum Gasteiger partial charge on any atom is 0.138 e. The quantitative estimate of drug-likeness (QED) is 0.802. The van der Waals surface area contributed by atoms with Crippen LogP contribution in [-0.2, 0) is 6.54 Å². The van der Waals surface area contributed by atoms with Crippen molar-refractivity contribution in [3.05, 3.63) is 17.0 Å². The second-order valence-electron chi connectivity index (χ2n) is 5.86. The molecule has 0 bridgehead atoms. The van der Waals surface area contributed by atoms with Crippen LogP contribution in [0.5, 0.6) is 0 Å². The van der Waals surface area contributed by atoms with E-state index in [1.54, 1.807) is 0 Å². The highest BCUT2D eigenvalue weighted by molar-refractivity contribution is 5.20. The number of likely N-dealkylation sites (tertiary alicyclic amines) is 1. The van der Waals surface area contributed by atoms with Crippen LogP contribution in [0.15, 0.2) is 4.52 Å². The van der Waals surface area contributed by atoms with Crippen molar-refractivity contribution in [2.24, 2.45) is 5.92 Å². The molecule has 0 aromatic carbocycles. The SMILES string of the molecule is Cc1noc(C)c1CNCCCN1CCC(C)CC1. The van der Waals surface area contributed by atoms with Crippen molar-refractivity contribution in [1.82, 2.24) is 15.4 Å². The Labute approximate surface area is 116 Å². The standard InChI is InChI=1S/C15H27N3O/c1-12-5-9-18(10-6-12)8-4-7-16-11-15-13(2)17-19-14(15)3/h12,16H,4-11H2,1-3H3. The summed E-state index contributed by atoms with van der Waals surface area (Å²) < 4.78 is 5.16. The third-order valence-corrected chi connectivity index (χ3v) is 4.19. The van der Waals surface area contributed by atoms with Crippen molar-refractivity contribution in [3.8, 4) is 0 Å². The molecule has 1 aromatic heterocycles. The van der Waals surface area contributed by atoms with E-state index in [9.17, 15) is 0 Å². The average Bonchev–Trinajstić information content (AvgIpc) is 2.72. The normalized spacial score (nSPS) is 18.1. The smallest absolute Gasteiger partial charge is 0.138 e. The van der Waals surface area contributed by atoms with E-state index >= 15 is 0 Å². The van der Waals surface area contributed by atoms with Crippen LogP contribution < -0.4 is 5.32 Å². The van der Waals surface area contributed by atoms with Crippen LogP contribution in [0.3, 0.4) is 0 Å². The van der Waals surface area contributed by atoms with E-state index in [1.165, 1.54) is 44.5 Å². The van der Waals surface area contributed by atoms with E-state index in [-0.39, 0.29) is 0 Å². The zero-order valence-corrected chi connectivity index (χ0v) is 12.5. The van der Waals surface area contributed by atoms with Crippen LogP contribution in [0.25, 0.3) is 0 Å². The molecular formula is C15H27N3O. The van der Waals surface area contributed by atoms with Crippen LogP contribution in [0.1, 0.15) is 43.2 Å². The Bertz CT molecular complexity index is 361. The summed E-state index contributed by atoms with van der Waals surface area (Å²) in [4.78, 5) is 2.59. The zero-order valence-electron chi connectivity index (χ0n) is 12.5. The van der Waals surface area contributed by atoms with E-state index in [0.717, 1.165) is 30.5 Å². The minimum atomic E-state index is 0.873. The van der Waals surface area contributed by atoms with Gasteiger partial charge in [0.25, 0.3) is 0 Å². The molecule has 19 heavy (non-hydrogen) atoms. The number of aromatic nitrogens is 1. The number of aryl methyl sites for hydroxylation is 2. The summed E-state index contributed by atoms with van der Waals surface area (Å²) in [5.74, 6) is 1.86. The van der Waals surface area contributed by atoms with E-state index in [4.69, 9.17) is 4.52 Å². The molecule has 0 unspecified atom stereocenters. The minimum Gasteiger partial charge on any atom is -0.361 e. The molecule has 1 fully saturated rings. The fourth-order valence-corrected chi connectivity index (χ4v) is 2.68. The molecule has 1 aromatic rings. The fraction of sp³-hybridized carbons (Fsp3) is 0.800. The Kier molecular flexibility index (Phi) is 5.40. The van der Waals surface area contributed by atoms with E-state index < -0.39 is 0 Å². The van der Waals surface area contributed by atoms with Gasteiger partial charge in [0.1, 0.15) is 5.76 Å². The Morgan fingerprint density at radius 2 is 2.05 bits per heavy atom. The molecule has 1 N–H and O–H groups in total. The first-order chi connectivity index (χ1) is 9.16. The van der Waals surface area contributed by atoms with Crippen LogP contribution in [0.2, 0.25) is 0 Å². The summed E-state index contributed by atoms with van der Waals surface area (Å²) in [7, 11) is 0. The molecule has 4 nitrogen and oxygen atoms in total. The number of nitrogens with zero attached hydrogens (tertiary/aromatic N) is 2. The van der Waals surface area contributed by atoms with Crippen LogP contribution in [0.4, 0.5) is 0 Å². The van der Waals surface area contributed by atoms with E-state index in [0.29, 0.717) is 0 Å². The Balaban J connectivity index is 1.57. The maximum atomic E-state index is 5.16. The molecule has 4 heteroatoms. The molecule has 1 saturated heterocycles. The molecule has 1 aliphatic rings. The van der Waals surface area contributed by atoms with Gasteiger partial charge in [-0.1, -0.05) is 12.1 Å². The third kappa shape index (κ3) is 4.32. The van der Waals surface area contributed by atoms with Gasteiger partial charge in [-0.15, -0.1) is 0 Å². The number of piperidine rings is 1. The summed E-state index contributed by atoms with van der Waals surface area (Å²) in [6.45, 7) is 12.1. The molecule has 0 amide bonds. The minimum absolute atomic E-state index is 0.873. The van der Waals surface area contributed by atoms with Gasteiger partial charge in [0.15, 0.2) is 0 Å². The van der Waals surface area contributed by atoms with Crippen molar-refractivity contribution in [2.75, 3.05) is 26.2 Å². The number of hydrogen-bond donors (Lipinski definition) is 1. The van der Waals surface area contributed by atoms with Gasteiger partial charge in [0.05, 0.1) is 5.69 Å². The lowest BCUT2D eigenvalue weighted by Crippen LogP contribution is -2.34. The van der Waals surface area contributed by atoms with Gasteiger partial charge < -0.3 is 14.7 Å². The third-order valence-electron chi connectivity index (χ3n) is 4.19. The molecule has 2 rings (SSSR count). The molecule has 2 heterocycles. The highest BCUT2D eigenvalue weighted by Crippen LogP contribution is 2.15.